The second-order valence-corrected chi connectivity index (χ2v) is 7.54. The Morgan fingerprint density at radius 2 is 1.88 bits per heavy atom. The molecule has 1 aliphatic heterocycles. The number of hydrogen-bond acceptors (Lipinski definition) is 5. The maximum Gasteiger partial charge on any atom is 0.342 e. The van der Waals surface area contributed by atoms with Crippen LogP contribution in [0.2, 0.25) is 0 Å². The van der Waals surface area contributed by atoms with Gasteiger partial charge in [0.1, 0.15) is 11.4 Å². The highest BCUT2D eigenvalue weighted by Gasteiger charge is 2.23. The van der Waals surface area contributed by atoms with Gasteiger partial charge in [0.05, 0.1) is 6.10 Å². The molecule has 138 valence electrons. The molecule has 0 unspecified atom stereocenters. The molecular formula is C20H24BrN3O2. The van der Waals surface area contributed by atoms with Gasteiger partial charge in [-0.05, 0) is 37.6 Å². The van der Waals surface area contributed by atoms with Gasteiger partial charge in [0.25, 0.3) is 0 Å². The molecule has 1 aromatic carbocycles. The van der Waals surface area contributed by atoms with Crippen molar-refractivity contribution in [1.29, 1.82) is 0 Å². The summed E-state index contributed by atoms with van der Waals surface area (Å²) >= 11 is 3.62. The van der Waals surface area contributed by atoms with E-state index in [-0.39, 0.29) is 12.1 Å². The molecule has 1 fully saturated rings. The monoisotopic (exact) mass is 417 g/mol. The van der Waals surface area contributed by atoms with Crippen LogP contribution in [0.4, 0.5) is 5.82 Å². The number of benzene rings is 1. The average Bonchev–Trinajstić information content (AvgIpc) is 2.64. The van der Waals surface area contributed by atoms with Gasteiger partial charge in [-0.2, -0.15) is 0 Å². The number of hydrogen-bond donors (Lipinski definition) is 0. The maximum absolute atomic E-state index is 12.4. The van der Waals surface area contributed by atoms with Crippen molar-refractivity contribution in [1.82, 2.24) is 9.88 Å². The molecule has 1 aromatic heterocycles. The fourth-order valence-electron chi connectivity index (χ4n) is 3.07. The van der Waals surface area contributed by atoms with Crippen LogP contribution in [-0.4, -0.2) is 48.1 Å². The number of ether oxygens (including phenoxy) is 1. The van der Waals surface area contributed by atoms with E-state index in [4.69, 9.17) is 4.74 Å². The minimum atomic E-state index is -0.307. The minimum absolute atomic E-state index is 0.142. The van der Waals surface area contributed by atoms with Gasteiger partial charge in [-0.25, -0.2) is 9.78 Å². The van der Waals surface area contributed by atoms with E-state index in [0.717, 1.165) is 43.0 Å². The highest BCUT2D eigenvalue weighted by molar-refractivity contribution is 9.10. The smallest absolute Gasteiger partial charge is 0.342 e. The number of carbonyl (C=O) groups excluding carboxylic acids is 1. The van der Waals surface area contributed by atoms with Crippen LogP contribution >= 0.6 is 15.9 Å². The molecule has 26 heavy (non-hydrogen) atoms. The molecule has 2 aromatic rings. The number of piperazine rings is 1. The summed E-state index contributed by atoms with van der Waals surface area (Å²) in [6, 6.07) is 11.9. The summed E-state index contributed by atoms with van der Waals surface area (Å²) in [6.45, 7) is 8.16. The van der Waals surface area contributed by atoms with E-state index in [2.05, 4.69) is 48.9 Å². The van der Waals surface area contributed by atoms with Gasteiger partial charge in [-0.3, -0.25) is 4.90 Å². The first-order chi connectivity index (χ1) is 12.5. The number of nitrogens with zero attached hydrogens (tertiary/aromatic N) is 3. The normalized spacial score (nSPS) is 15.3. The molecule has 0 amide bonds. The zero-order valence-corrected chi connectivity index (χ0v) is 16.8. The third-order valence-corrected chi connectivity index (χ3v) is 5.15. The summed E-state index contributed by atoms with van der Waals surface area (Å²) in [5, 5.41) is 0. The molecule has 3 rings (SSSR count). The van der Waals surface area contributed by atoms with E-state index in [1.54, 1.807) is 18.3 Å². The molecule has 5 nitrogen and oxygen atoms in total. The first kappa shape index (κ1) is 18.9. The topological polar surface area (TPSA) is 45.7 Å². The molecular weight excluding hydrogens is 394 g/mol. The van der Waals surface area contributed by atoms with Gasteiger partial charge >= 0.3 is 5.97 Å². The zero-order chi connectivity index (χ0) is 18.5. The summed E-state index contributed by atoms with van der Waals surface area (Å²) in [6.07, 6.45) is 1.59. The Morgan fingerprint density at radius 3 is 2.58 bits per heavy atom. The highest BCUT2D eigenvalue weighted by atomic mass is 79.9. The van der Waals surface area contributed by atoms with Crippen LogP contribution in [-0.2, 0) is 11.3 Å². The van der Waals surface area contributed by atoms with Gasteiger partial charge in [0.15, 0.2) is 0 Å². The van der Waals surface area contributed by atoms with E-state index in [1.807, 2.05) is 19.9 Å². The predicted molar refractivity (Wildman–Crippen MR) is 106 cm³/mol. The number of aromatic nitrogens is 1. The number of carbonyl (C=O) groups is 1. The van der Waals surface area contributed by atoms with Crippen LogP contribution in [0, 0.1) is 0 Å². The van der Waals surface area contributed by atoms with Crippen molar-refractivity contribution in [3.63, 3.8) is 0 Å². The van der Waals surface area contributed by atoms with Gasteiger partial charge in [0, 0.05) is 43.4 Å². The Labute approximate surface area is 163 Å². The lowest BCUT2D eigenvalue weighted by Gasteiger charge is -2.36. The van der Waals surface area contributed by atoms with Crippen LogP contribution in [0.25, 0.3) is 0 Å². The second-order valence-electron chi connectivity index (χ2n) is 6.68. The van der Waals surface area contributed by atoms with Crippen LogP contribution in [0.5, 0.6) is 0 Å². The molecule has 0 spiro atoms. The summed E-state index contributed by atoms with van der Waals surface area (Å²) in [4.78, 5) is 21.4. The van der Waals surface area contributed by atoms with Crippen molar-refractivity contribution in [2.45, 2.75) is 26.5 Å². The Morgan fingerprint density at radius 1 is 1.15 bits per heavy atom. The lowest BCUT2D eigenvalue weighted by atomic mass is 10.2. The van der Waals surface area contributed by atoms with Crippen molar-refractivity contribution in [2.75, 3.05) is 31.1 Å². The van der Waals surface area contributed by atoms with Crippen molar-refractivity contribution < 1.29 is 9.53 Å². The van der Waals surface area contributed by atoms with Crippen molar-refractivity contribution in [3.05, 3.63) is 58.2 Å². The Hall–Kier alpha value is -1.92. The molecule has 0 N–H and O–H groups in total. The number of anilines is 1. The van der Waals surface area contributed by atoms with Gasteiger partial charge < -0.3 is 9.64 Å². The fourth-order valence-corrected chi connectivity index (χ4v) is 3.48. The van der Waals surface area contributed by atoms with Gasteiger partial charge in [-0.15, -0.1) is 0 Å². The largest absolute Gasteiger partial charge is 0.459 e. The van der Waals surface area contributed by atoms with E-state index in [1.165, 1.54) is 5.56 Å². The highest BCUT2D eigenvalue weighted by Crippen LogP contribution is 2.22. The summed E-state index contributed by atoms with van der Waals surface area (Å²) in [7, 11) is 0. The number of rotatable bonds is 5. The number of esters is 1. The van der Waals surface area contributed by atoms with E-state index >= 15 is 0 Å². The predicted octanol–water partition coefficient (Wildman–Crippen LogP) is 3.73. The molecule has 0 bridgehead atoms. The molecule has 2 heterocycles. The molecule has 1 aliphatic rings. The Kier molecular flexibility index (Phi) is 6.27. The molecule has 0 aliphatic carbocycles. The number of halogens is 1. The maximum atomic E-state index is 12.4. The summed E-state index contributed by atoms with van der Waals surface area (Å²) in [5.74, 6) is 0.414. The van der Waals surface area contributed by atoms with E-state index in [0.29, 0.717) is 5.56 Å². The molecule has 0 saturated carbocycles. The second kappa shape index (κ2) is 8.64. The lowest BCUT2D eigenvalue weighted by Crippen LogP contribution is -2.46. The quantitative estimate of drug-likeness (QED) is 0.693. The van der Waals surface area contributed by atoms with Crippen LogP contribution in [0.3, 0.4) is 0 Å². The average molecular weight is 418 g/mol. The van der Waals surface area contributed by atoms with Crippen molar-refractivity contribution in [3.8, 4) is 0 Å². The first-order valence-corrected chi connectivity index (χ1v) is 9.70. The fraction of sp³-hybridized carbons (Fsp3) is 0.400. The summed E-state index contributed by atoms with van der Waals surface area (Å²) < 4.78 is 6.50. The number of pyridine rings is 1. The standard InChI is InChI=1S/C20H24BrN3O2/c1-15(2)26-20(25)17-7-5-9-22-19(17)24-12-10-23(11-13-24)14-16-6-3-4-8-18(16)21/h3-9,15H,10-14H2,1-2H3. The van der Waals surface area contributed by atoms with Gasteiger partial charge in [-0.1, -0.05) is 34.1 Å². The molecule has 0 radical (unpaired) electrons. The van der Waals surface area contributed by atoms with Crippen LogP contribution < -0.4 is 4.90 Å². The minimum Gasteiger partial charge on any atom is -0.459 e. The zero-order valence-electron chi connectivity index (χ0n) is 15.2. The van der Waals surface area contributed by atoms with E-state index in [9.17, 15) is 4.79 Å². The SMILES string of the molecule is CC(C)OC(=O)c1cccnc1N1CCN(Cc2ccccc2Br)CC1. The third-order valence-electron chi connectivity index (χ3n) is 4.37. The first-order valence-electron chi connectivity index (χ1n) is 8.91. The van der Waals surface area contributed by atoms with Crippen LogP contribution in [0.1, 0.15) is 29.8 Å². The lowest BCUT2D eigenvalue weighted by molar-refractivity contribution is 0.0378. The summed E-state index contributed by atoms with van der Waals surface area (Å²) in [5.41, 5.74) is 1.83. The Balaban J connectivity index is 1.65. The van der Waals surface area contributed by atoms with Crippen LogP contribution in [0.15, 0.2) is 47.1 Å². The van der Waals surface area contributed by atoms with E-state index < -0.39 is 0 Å². The molecule has 6 heteroatoms. The van der Waals surface area contributed by atoms with Crippen molar-refractivity contribution in [2.24, 2.45) is 0 Å². The van der Waals surface area contributed by atoms with Gasteiger partial charge in [0.2, 0.25) is 0 Å². The van der Waals surface area contributed by atoms with Crippen molar-refractivity contribution >= 4 is 27.7 Å². The molecule has 1 saturated heterocycles. The third kappa shape index (κ3) is 4.62. The molecule has 0 atom stereocenters. The Bertz CT molecular complexity index is 758.